The van der Waals surface area contributed by atoms with Crippen LogP contribution < -0.4 is 0 Å². The monoisotopic (exact) mass is 792 g/mol. The van der Waals surface area contributed by atoms with E-state index in [2.05, 4.69) is 181 Å². The Hall–Kier alpha value is -2.55. The van der Waals surface area contributed by atoms with Gasteiger partial charge in [0.15, 0.2) is 0 Å². The van der Waals surface area contributed by atoms with Crippen LogP contribution in [0.25, 0.3) is 34.4 Å². The zero-order valence-electron chi connectivity index (χ0n) is 30.2. The minimum absolute atomic E-state index is 0.150. The first-order valence-electron chi connectivity index (χ1n) is 17.7. The fourth-order valence-electron chi connectivity index (χ4n) is 9.16. The summed E-state index contributed by atoms with van der Waals surface area (Å²) >= 11 is -4.92. The van der Waals surface area contributed by atoms with E-state index in [0.29, 0.717) is 7.35 Å². The van der Waals surface area contributed by atoms with E-state index in [4.69, 9.17) is 0 Å². The van der Waals surface area contributed by atoms with Crippen LogP contribution in [0.2, 0.25) is 17.7 Å². The normalized spacial score (nSPS) is 20.0. The molecule has 6 rings (SSSR count). The summed E-state index contributed by atoms with van der Waals surface area (Å²) in [5.41, 5.74) is 14.4. The standard InChI is InChI=1S/2C19H19.2C2H5.2CH3.Hf.H2Si/c2*1-19(2,3)16-12-10-15(11-13-16)18-9-5-7-14-6-4-8-17(14)18;2*1-2;;;;/h2*4-13H,1-3H3;2*1H2,2H3;2*1H3;;1H2. The first-order valence-corrected chi connectivity index (χ1v) is 42.4. The third-order valence-electron chi connectivity index (χ3n) is 14.1. The van der Waals surface area contributed by atoms with Gasteiger partial charge in [-0.2, -0.15) is 0 Å². The molecule has 2 heteroatoms. The van der Waals surface area contributed by atoms with Crippen LogP contribution in [0.4, 0.5) is 0 Å². The molecule has 0 nitrogen and oxygen atoms in total. The molecule has 4 aromatic rings. The van der Waals surface area contributed by atoms with Crippen LogP contribution in [-0.4, -0.2) is 6.94 Å². The molecule has 0 heterocycles. The van der Waals surface area contributed by atoms with E-state index in [1.165, 1.54) is 52.9 Å². The molecule has 0 radical (unpaired) electrons. The second-order valence-electron chi connectivity index (χ2n) is 19.6. The van der Waals surface area contributed by atoms with Gasteiger partial charge >= 0.3 is 277 Å². The van der Waals surface area contributed by atoms with Crippen molar-refractivity contribution >= 4 is 19.1 Å². The summed E-state index contributed by atoms with van der Waals surface area (Å²) in [7, 11) is 0. The minimum atomic E-state index is -4.92. The summed E-state index contributed by atoms with van der Waals surface area (Å²) in [6.07, 6.45) is 10.3. The van der Waals surface area contributed by atoms with E-state index >= 15 is 0 Å². The molecule has 0 N–H and O–H groups in total. The van der Waals surface area contributed by atoms with Gasteiger partial charge in [-0.3, -0.25) is 0 Å². The molecular formula is C44H56HfSi. The van der Waals surface area contributed by atoms with Crippen molar-refractivity contribution in [3.05, 3.63) is 130 Å². The van der Waals surface area contributed by atoms with Crippen molar-refractivity contribution in [1.29, 1.82) is 0 Å². The molecular weight excluding hydrogens is 735 g/mol. The van der Waals surface area contributed by atoms with Crippen LogP contribution in [0.3, 0.4) is 0 Å². The third kappa shape index (κ3) is 4.75. The first-order chi connectivity index (χ1) is 21.3. The predicted octanol–water partition coefficient (Wildman–Crippen LogP) is 12.7. The molecule has 2 aliphatic rings. The van der Waals surface area contributed by atoms with Crippen molar-refractivity contribution in [3.8, 4) is 22.3 Å². The van der Waals surface area contributed by atoms with Gasteiger partial charge in [0.2, 0.25) is 0 Å². The van der Waals surface area contributed by atoms with Gasteiger partial charge in [-0.1, -0.05) is 0 Å². The molecule has 2 unspecified atom stereocenters. The van der Waals surface area contributed by atoms with Crippen LogP contribution in [0.15, 0.2) is 97.1 Å². The maximum atomic E-state index is 2.84. The van der Waals surface area contributed by atoms with Crippen LogP contribution in [0, 0.1) is 0 Å². The van der Waals surface area contributed by atoms with E-state index in [0.717, 1.165) is 0 Å². The van der Waals surface area contributed by atoms with Crippen molar-refractivity contribution in [2.24, 2.45) is 0 Å². The molecule has 2 aliphatic carbocycles. The van der Waals surface area contributed by atoms with Crippen molar-refractivity contribution in [3.63, 3.8) is 0 Å². The van der Waals surface area contributed by atoms with Gasteiger partial charge in [-0.05, 0) is 0 Å². The summed E-state index contributed by atoms with van der Waals surface area (Å²) in [5.74, 6) is 0. The van der Waals surface area contributed by atoms with E-state index < -0.39 is 14.2 Å². The van der Waals surface area contributed by atoms with Gasteiger partial charge in [-0.15, -0.1) is 0 Å². The Kier molecular flexibility index (Phi) is 7.07. The average molecular weight is 792 g/mol. The Morgan fingerprint density at radius 3 is 1.20 bits per heavy atom. The topological polar surface area (TPSA) is 0 Å². The molecule has 0 spiro atoms. The summed E-state index contributed by atoms with van der Waals surface area (Å²) in [6, 6.07) is 32.9. The second-order valence-corrected chi connectivity index (χ2v) is 98.1. The Balaban J connectivity index is 1.50. The van der Waals surface area contributed by atoms with Gasteiger partial charge in [0.05, 0.1) is 0 Å². The summed E-state index contributed by atoms with van der Waals surface area (Å²) < 4.78 is 9.00. The Morgan fingerprint density at radius 2 is 0.891 bits per heavy atom. The number of fused-ring (bicyclic) bond motifs is 2. The molecule has 4 aromatic carbocycles. The van der Waals surface area contributed by atoms with Gasteiger partial charge in [0.25, 0.3) is 0 Å². The first kappa shape index (κ1) is 33.4. The Labute approximate surface area is 275 Å². The van der Waals surface area contributed by atoms with Crippen LogP contribution >= 0.6 is 0 Å². The fourth-order valence-corrected chi connectivity index (χ4v) is 44.0. The molecule has 0 amide bonds. The molecule has 0 fully saturated rings. The molecule has 240 valence electrons. The number of hydrogen-bond donors (Lipinski definition) is 0. The number of hydrogen-bond acceptors (Lipinski definition) is 0. The number of rotatable bonds is 6. The zero-order valence-corrected chi connectivity index (χ0v) is 35.2. The van der Waals surface area contributed by atoms with E-state index in [9.17, 15) is 0 Å². The Bertz CT molecular complexity index is 1900. The van der Waals surface area contributed by atoms with Crippen molar-refractivity contribution in [2.45, 2.75) is 91.3 Å². The summed E-state index contributed by atoms with van der Waals surface area (Å²) in [4.78, 5) is 0. The maximum absolute atomic E-state index is 4.92. The van der Waals surface area contributed by atoms with Gasteiger partial charge in [0.1, 0.15) is 0 Å². The SMILES string of the molecule is C[CH2][Hf]([CH3])([CH3])(=[SiH2])([CH2]C)([CH]1C=Cc2c(-c3ccc(C(C)(C)C)cc3)cccc21)[CH]1C=Cc2c(-c3ccc(C(C)(C)C)cc3)cccc21. The van der Waals surface area contributed by atoms with Crippen LogP contribution in [0.1, 0.15) is 96.1 Å². The molecule has 0 saturated carbocycles. The molecule has 0 aromatic heterocycles. The molecule has 0 bridgehead atoms. The Morgan fingerprint density at radius 1 is 0.543 bits per heavy atom. The van der Waals surface area contributed by atoms with Crippen LogP contribution in [0.5, 0.6) is 0 Å². The predicted molar refractivity (Wildman–Crippen MR) is 206 cm³/mol. The molecule has 2 atom stereocenters. The average Bonchev–Trinajstić information content (AvgIpc) is 3.68. The third-order valence-corrected chi connectivity index (χ3v) is 77.4. The zero-order chi connectivity index (χ0) is 33.4. The van der Waals surface area contributed by atoms with Crippen LogP contribution in [-0.2, 0) is 25.0 Å². The van der Waals surface area contributed by atoms with Crippen molar-refractivity contribution in [1.82, 2.24) is 0 Å². The number of benzene rings is 4. The van der Waals surface area contributed by atoms with E-state index in [1.54, 1.807) is 11.1 Å². The van der Waals surface area contributed by atoms with Crippen molar-refractivity contribution < 1.29 is 14.2 Å². The molecule has 46 heavy (non-hydrogen) atoms. The molecule has 0 aliphatic heterocycles. The van der Waals surface area contributed by atoms with Gasteiger partial charge < -0.3 is 0 Å². The van der Waals surface area contributed by atoms with E-state index in [-0.39, 0.29) is 10.8 Å². The number of allylic oxidation sites excluding steroid dienone is 2. The summed E-state index contributed by atoms with van der Waals surface area (Å²) in [6.45, 7) is 21.3. The van der Waals surface area contributed by atoms with E-state index in [1.807, 2.05) is 0 Å². The quantitative estimate of drug-likeness (QED) is 0.171. The van der Waals surface area contributed by atoms with Gasteiger partial charge in [0, 0.05) is 0 Å². The van der Waals surface area contributed by atoms with Gasteiger partial charge in [-0.25, -0.2) is 0 Å². The molecule has 0 saturated heterocycles. The second kappa shape index (κ2) is 9.76. The fraction of sp³-hybridized carbons (Fsp3) is 0.364. The van der Waals surface area contributed by atoms with Crippen molar-refractivity contribution in [2.75, 3.05) is 0 Å². The summed E-state index contributed by atoms with van der Waals surface area (Å²) in [5, 5.41) is 0.